The second kappa shape index (κ2) is 5.38. The minimum Gasteiger partial charge on any atom is -0.296 e. The first-order valence-electron chi connectivity index (χ1n) is 7.40. The molecule has 24 heavy (non-hydrogen) atoms. The molecule has 1 N–H and O–H groups in total. The van der Waals surface area contributed by atoms with Crippen LogP contribution in [0.2, 0.25) is 0 Å². The van der Waals surface area contributed by atoms with Crippen LogP contribution in [0.1, 0.15) is 10.5 Å². The maximum Gasteiger partial charge on any atom is 0.259 e. The van der Waals surface area contributed by atoms with Gasteiger partial charge in [-0.05, 0) is 24.3 Å². The lowest BCUT2D eigenvalue weighted by atomic mass is 9.94. The van der Waals surface area contributed by atoms with Gasteiger partial charge in [-0.3, -0.25) is 24.8 Å². The Morgan fingerprint density at radius 3 is 2.46 bits per heavy atom. The van der Waals surface area contributed by atoms with E-state index in [-0.39, 0.29) is 11.4 Å². The lowest BCUT2D eigenvalue weighted by Crippen LogP contribution is -2.36. The first-order chi connectivity index (χ1) is 11.7. The number of imide groups is 1. The number of rotatable bonds is 3. The van der Waals surface area contributed by atoms with Crippen LogP contribution < -0.4 is 10.3 Å². The number of ketones is 1. The highest BCUT2D eigenvalue weighted by Gasteiger charge is 2.55. The summed E-state index contributed by atoms with van der Waals surface area (Å²) in [6, 6.07) is 12.7. The first-order valence-corrected chi connectivity index (χ1v) is 7.40. The van der Waals surface area contributed by atoms with Gasteiger partial charge in [0.1, 0.15) is 23.4 Å². The lowest BCUT2D eigenvalue weighted by Gasteiger charge is -2.15. The predicted octanol–water partition coefficient (Wildman–Crippen LogP) is 0.782. The van der Waals surface area contributed by atoms with Gasteiger partial charge < -0.3 is 0 Å². The Hall–Kier alpha value is -3.35. The number of benzene rings is 1. The standard InChI is InChI=1S/C17H12N4O3/c22-15(11-8-4-5-9-18-11)13-12-14(20-19-13)17(24)21(16(12)23)10-6-2-1-3-7-10/h1-9,12,14,20H/t12-,14-/m0/s1. The van der Waals surface area contributed by atoms with Crippen LogP contribution in [-0.2, 0) is 9.59 Å². The van der Waals surface area contributed by atoms with E-state index in [9.17, 15) is 14.4 Å². The van der Waals surface area contributed by atoms with Crippen molar-refractivity contribution >= 4 is 29.0 Å². The largest absolute Gasteiger partial charge is 0.296 e. The summed E-state index contributed by atoms with van der Waals surface area (Å²) in [6.07, 6.45) is 1.49. The zero-order valence-electron chi connectivity index (χ0n) is 12.4. The summed E-state index contributed by atoms with van der Waals surface area (Å²) in [4.78, 5) is 43.0. The van der Waals surface area contributed by atoms with Crippen molar-refractivity contribution in [2.75, 3.05) is 4.90 Å². The third kappa shape index (κ3) is 2.02. The van der Waals surface area contributed by atoms with Crippen LogP contribution >= 0.6 is 0 Å². The van der Waals surface area contributed by atoms with E-state index in [0.717, 1.165) is 4.90 Å². The van der Waals surface area contributed by atoms with E-state index in [2.05, 4.69) is 15.5 Å². The molecule has 1 saturated heterocycles. The van der Waals surface area contributed by atoms with Crippen molar-refractivity contribution in [3.8, 4) is 0 Å². The molecule has 2 amide bonds. The maximum atomic E-state index is 12.8. The van der Waals surface area contributed by atoms with Gasteiger partial charge in [0, 0.05) is 6.20 Å². The van der Waals surface area contributed by atoms with Crippen molar-refractivity contribution in [2.45, 2.75) is 6.04 Å². The zero-order chi connectivity index (χ0) is 16.7. The monoisotopic (exact) mass is 320 g/mol. The molecule has 1 aromatic carbocycles. The van der Waals surface area contributed by atoms with Crippen LogP contribution in [0, 0.1) is 5.92 Å². The van der Waals surface area contributed by atoms with Crippen LogP contribution in [0.5, 0.6) is 0 Å². The van der Waals surface area contributed by atoms with Gasteiger partial charge >= 0.3 is 0 Å². The summed E-state index contributed by atoms with van der Waals surface area (Å²) in [5, 5.41) is 3.93. The Balaban J connectivity index is 1.68. The molecule has 3 heterocycles. The summed E-state index contributed by atoms with van der Waals surface area (Å²) < 4.78 is 0. The molecule has 7 heteroatoms. The molecule has 0 spiro atoms. The highest BCUT2D eigenvalue weighted by atomic mass is 16.2. The fourth-order valence-electron chi connectivity index (χ4n) is 2.94. The Labute approximate surface area is 137 Å². The summed E-state index contributed by atoms with van der Waals surface area (Å²) >= 11 is 0. The van der Waals surface area contributed by atoms with Gasteiger partial charge in [-0.1, -0.05) is 24.3 Å². The van der Waals surface area contributed by atoms with Crippen molar-refractivity contribution in [3.05, 3.63) is 60.4 Å². The summed E-state index contributed by atoms with van der Waals surface area (Å²) in [6.45, 7) is 0. The minimum absolute atomic E-state index is 0.0236. The number of carbonyl (C=O) groups is 3. The number of nitrogens with zero attached hydrogens (tertiary/aromatic N) is 3. The molecular weight excluding hydrogens is 308 g/mol. The third-order valence-corrected chi connectivity index (χ3v) is 4.07. The average molecular weight is 320 g/mol. The number of nitrogens with one attached hydrogen (secondary N) is 1. The van der Waals surface area contributed by atoms with Crippen LogP contribution in [0.15, 0.2) is 59.8 Å². The minimum atomic E-state index is -0.924. The van der Waals surface area contributed by atoms with E-state index in [0.29, 0.717) is 5.69 Å². The number of Topliss-reactive ketones (excluding diaryl/α,β-unsaturated/α-hetero) is 1. The van der Waals surface area contributed by atoms with E-state index in [1.807, 2.05) is 0 Å². The Morgan fingerprint density at radius 1 is 1.00 bits per heavy atom. The molecule has 2 aromatic rings. The van der Waals surface area contributed by atoms with Gasteiger partial charge in [0.05, 0.1) is 5.69 Å². The predicted molar refractivity (Wildman–Crippen MR) is 85.4 cm³/mol. The number of hydrogen-bond acceptors (Lipinski definition) is 6. The van der Waals surface area contributed by atoms with E-state index in [1.54, 1.807) is 48.5 Å². The molecule has 118 valence electrons. The normalized spacial score (nSPS) is 22.2. The Bertz CT molecular complexity index is 864. The highest BCUT2D eigenvalue weighted by Crippen LogP contribution is 2.31. The van der Waals surface area contributed by atoms with Gasteiger partial charge in [0.2, 0.25) is 11.7 Å². The molecule has 7 nitrogen and oxygen atoms in total. The lowest BCUT2D eigenvalue weighted by molar-refractivity contribution is -0.122. The number of para-hydroxylation sites is 1. The number of carbonyl (C=O) groups excluding carboxylic acids is 3. The van der Waals surface area contributed by atoms with Crippen molar-refractivity contribution in [1.82, 2.24) is 10.4 Å². The van der Waals surface area contributed by atoms with Crippen molar-refractivity contribution < 1.29 is 14.4 Å². The number of amides is 2. The molecule has 2 atom stereocenters. The van der Waals surface area contributed by atoms with E-state index in [4.69, 9.17) is 0 Å². The Morgan fingerprint density at radius 2 is 1.75 bits per heavy atom. The number of hydrazone groups is 1. The topological polar surface area (TPSA) is 91.7 Å². The molecule has 2 aliphatic rings. The second-order valence-electron chi connectivity index (χ2n) is 5.47. The van der Waals surface area contributed by atoms with Crippen LogP contribution in [0.3, 0.4) is 0 Å². The molecular formula is C17H12N4O3. The van der Waals surface area contributed by atoms with Gasteiger partial charge in [-0.25, -0.2) is 4.90 Å². The van der Waals surface area contributed by atoms with Crippen LogP contribution in [0.25, 0.3) is 0 Å². The number of fused-ring (bicyclic) bond motifs is 1. The first kappa shape index (κ1) is 14.3. The third-order valence-electron chi connectivity index (χ3n) is 4.07. The van der Waals surface area contributed by atoms with Gasteiger partial charge in [0.15, 0.2) is 0 Å². The summed E-state index contributed by atoms with van der Waals surface area (Å²) in [5.41, 5.74) is 3.32. The smallest absolute Gasteiger partial charge is 0.259 e. The molecule has 2 aliphatic heterocycles. The number of pyridine rings is 1. The molecule has 0 radical (unpaired) electrons. The second-order valence-corrected chi connectivity index (χ2v) is 5.47. The number of anilines is 1. The van der Waals surface area contributed by atoms with E-state index >= 15 is 0 Å². The zero-order valence-corrected chi connectivity index (χ0v) is 12.4. The molecule has 4 rings (SSSR count). The van der Waals surface area contributed by atoms with Gasteiger partial charge in [-0.15, -0.1) is 0 Å². The molecule has 1 aromatic heterocycles. The molecule has 0 aliphatic carbocycles. The van der Waals surface area contributed by atoms with E-state index < -0.39 is 29.6 Å². The highest BCUT2D eigenvalue weighted by molar-refractivity contribution is 6.52. The maximum absolute atomic E-state index is 12.8. The van der Waals surface area contributed by atoms with Crippen molar-refractivity contribution in [3.63, 3.8) is 0 Å². The Kier molecular flexibility index (Phi) is 3.19. The summed E-state index contributed by atoms with van der Waals surface area (Å²) in [5.74, 6) is -2.24. The summed E-state index contributed by atoms with van der Waals surface area (Å²) in [7, 11) is 0. The van der Waals surface area contributed by atoms with Crippen molar-refractivity contribution in [2.24, 2.45) is 11.0 Å². The fraction of sp³-hybridized carbons (Fsp3) is 0.118. The number of hydrogen-bond donors (Lipinski definition) is 1. The van der Waals surface area contributed by atoms with Gasteiger partial charge in [-0.2, -0.15) is 5.10 Å². The quantitative estimate of drug-likeness (QED) is 0.666. The number of aromatic nitrogens is 1. The van der Waals surface area contributed by atoms with Crippen molar-refractivity contribution in [1.29, 1.82) is 0 Å². The van der Waals surface area contributed by atoms with Crippen LogP contribution in [-0.4, -0.2) is 34.3 Å². The average Bonchev–Trinajstić information content (AvgIpc) is 3.17. The van der Waals surface area contributed by atoms with E-state index in [1.165, 1.54) is 6.20 Å². The molecule has 0 bridgehead atoms. The SMILES string of the molecule is O=C(C1=NN[C@@H]2C(=O)N(c3ccccc3)C(=O)[C@@H]12)c1ccccn1. The molecule has 0 saturated carbocycles. The van der Waals surface area contributed by atoms with Gasteiger partial charge in [0.25, 0.3) is 5.91 Å². The van der Waals surface area contributed by atoms with Crippen LogP contribution in [0.4, 0.5) is 5.69 Å². The molecule has 1 fully saturated rings. The molecule has 0 unspecified atom stereocenters. The fourth-order valence-corrected chi connectivity index (χ4v) is 2.94.